The Morgan fingerprint density at radius 1 is 1.18 bits per heavy atom. The molecule has 4 heteroatoms. The summed E-state index contributed by atoms with van der Waals surface area (Å²) in [6.45, 7) is 6.75. The molecule has 1 aliphatic rings. The SMILES string of the molecule is CC(CN1CCNCC1)C(=O)c1ccc(O)c2ccccc12. The largest absolute Gasteiger partial charge is 0.507 e. The van der Waals surface area contributed by atoms with Crippen LogP contribution in [0, 0.1) is 5.92 Å². The number of benzene rings is 2. The van der Waals surface area contributed by atoms with Gasteiger partial charge in [-0.1, -0.05) is 31.2 Å². The number of aromatic hydroxyl groups is 1. The Kier molecular flexibility index (Phi) is 4.41. The Morgan fingerprint density at radius 3 is 2.59 bits per heavy atom. The van der Waals surface area contributed by atoms with Gasteiger partial charge in [0.25, 0.3) is 0 Å². The lowest BCUT2D eigenvalue weighted by Gasteiger charge is -2.29. The summed E-state index contributed by atoms with van der Waals surface area (Å²) in [6, 6.07) is 10.9. The highest BCUT2D eigenvalue weighted by molar-refractivity contribution is 6.10. The van der Waals surface area contributed by atoms with Crippen LogP contribution in [0.5, 0.6) is 5.75 Å². The highest BCUT2D eigenvalue weighted by Crippen LogP contribution is 2.28. The van der Waals surface area contributed by atoms with E-state index in [1.165, 1.54) is 0 Å². The lowest BCUT2D eigenvalue weighted by atomic mass is 9.93. The van der Waals surface area contributed by atoms with Gasteiger partial charge in [0.2, 0.25) is 0 Å². The van der Waals surface area contributed by atoms with Gasteiger partial charge < -0.3 is 15.3 Å². The molecule has 0 aliphatic carbocycles. The van der Waals surface area contributed by atoms with Crippen molar-refractivity contribution in [3.05, 3.63) is 42.0 Å². The zero-order chi connectivity index (χ0) is 15.5. The van der Waals surface area contributed by atoms with E-state index in [1.807, 2.05) is 31.2 Å². The highest BCUT2D eigenvalue weighted by atomic mass is 16.3. The minimum atomic E-state index is -0.0500. The first kappa shape index (κ1) is 15.0. The molecule has 1 fully saturated rings. The van der Waals surface area contributed by atoms with E-state index >= 15 is 0 Å². The van der Waals surface area contributed by atoms with Crippen molar-refractivity contribution in [2.45, 2.75) is 6.92 Å². The van der Waals surface area contributed by atoms with Gasteiger partial charge >= 0.3 is 0 Å². The molecule has 2 aromatic rings. The Balaban J connectivity index is 1.84. The number of phenolic OH excluding ortho intramolecular Hbond substituents is 1. The molecular weight excluding hydrogens is 276 g/mol. The number of carbonyl (C=O) groups excluding carboxylic acids is 1. The predicted octanol–water partition coefficient (Wildman–Crippen LogP) is 2.27. The lowest BCUT2D eigenvalue weighted by Crippen LogP contribution is -2.45. The van der Waals surface area contributed by atoms with Gasteiger partial charge in [-0.05, 0) is 17.5 Å². The van der Waals surface area contributed by atoms with Crippen molar-refractivity contribution >= 4 is 16.6 Å². The zero-order valence-corrected chi connectivity index (χ0v) is 12.9. The van der Waals surface area contributed by atoms with Crippen molar-refractivity contribution in [1.29, 1.82) is 0 Å². The standard InChI is InChI=1S/C18H22N2O2/c1-13(12-20-10-8-19-9-11-20)18(22)16-6-7-17(21)15-5-3-2-4-14(15)16/h2-7,13,19,21H,8-12H2,1H3. The van der Waals surface area contributed by atoms with Gasteiger partial charge in [0.1, 0.15) is 5.75 Å². The number of hydrogen-bond acceptors (Lipinski definition) is 4. The smallest absolute Gasteiger partial charge is 0.167 e. The molecule has 3 rings (SSSR count). The first-order valence-electron chi connectivity index (χ1n) is 7.85. The van der Waals surface area contributed by atoms with E-state index in [-0.39, 0.29) is 17.5 Å². The van der Waals surface area contributed by atoms with Crippen LogP contribution in [-0.4, -0.2) is 48.5 Å². The summed E-state index contributed by atoms with van der Waals surface area (Å²) in [4.78, 5) is 15.2. The quantitative estimate of drug-likeness (QED) is 0.850. The number of piperazine rings is 1. The summed E-state index contributed by atoms with van der Waals surface area (Å²) in [5.41, 5.74) is 0.705. The minimum absolute atomic E-state index is 0.0500. The third-order valence-electron chi connectivity index (χ3n) is 4.36. The van der Waals surface area contributed by atoms with Crippen LogP contribution < -0.4 is 5.32 Å². The first-order valence-corrected chi connectivity index (χ1v) is 7.85. The molecule has 0 bridgehead atoms. The molecule has 4 nitrogen and oxygen atoms in total. The van der Waals surface area contributed by atoms with Crippen LogP contribution in [0.1, 0.15) is 17.3 Å². The molecule has 0 aromatic heterocycles. The van der Waals surface area contributed by atoms with Crippen LogP contribution in [0.3, 0.4) is 0 Å². The molecule has 1 saturated heterocycles. The number of Topliss-reactive ketones (excluding diaryl/α,β-unsaturated/α-hetero) is 1. The van der Waals surface area contributed by atoms with Crippen molar-refractivity contribution in [1.82, 2.24) is 10.2 Å². The first-order chi connectivity index (χ1) is 10.7. The van der Waals surface area contributed by atoms with Crippen LogP contribution in [0.15, 0.2) is 36.4 Å². The van der Waals surface area contributed by atoms with E-state index < -0.39 is 0 Å². The molecule has 1 aliphatic heterocycles. The third-order valence-corrected chi connectivity index (χ3v) is 4.36. The number of hydrogen-bond donors (Lipinski definition) is 2. The Labute approximate surface area is 130 Å². The topological polar surface area (TPSA) is 52.6 Å². The van der Waals surface area contributed by atoms with Gasteiger partial charge in [-0.2, -0.15) is 0 Å². The normalized spacial score (nSPS) is 17.5. The molecule has 116 valence electrons. The summed E-state index contributed by atoms with van der Waals surface area (Å²) < 4.78 is 0. The average Bonchev–Trinajstić information content (AvgIpc) is 2.56. The van der Waals surface area contributed by atoms with Crippen LogP contribution in [0.25, 0.3) is 10.8 Å². The molecule has 1 unspecified atom stereocenters. The maximum absolute atomic E-state index is 12.8. The second kappa shape index (κ2) is 6.46. The van der Waals surface area contributed by atoms with Gasteiger partial charge in [0.05, 0.1) is 0 Å². The van der Waals surface area contributed by atoms with Crippen molar-refractivity contribution in [2.24, 2.45) is 5.92 Å². The molecule has 22 heavy (non-hydrogen) atoms. The number of phenols is 1. The van der Waals surface area contributed by atoms with E-state index in [0.29, 0.717) is 5.56 Å². The average molecular weight is 298 g/mol. The molecule has 1 heterocycles. The van der Waals surface area contributed by atoms with Gasteiger partial charge in [-0.25, -0.2) is 0 Å². The lowest BCUT2D eigenvalue weighted by molar-refractivity contribution is 0.0889. The van der Waals surface area contributed by atoms with Crippen molar-refractivity contribution in [3.8, 4) is 5.75 Å². The summed E-state index contributed by atoms with van der Waals surface area (Å²) in [5.74, 6) is 0.322. The fraction of sp³-hybridized carbons (Fsp3) is 0.389. The van der Waals surface area contributed by atoms with Crippen LogP contribution >= 0.6 is 0 Å². The monoisotopic (exact) mass is 298 g/mol. The van der Waals surface area contributed by atoms with Crippen molar-refractivity contribution < 1.29 is 9.90 Å². The molecule has 1 atom stereocenters. The number of carbonyl (C=O) groups is 1. The Hall–Kier alpha value is -1.91. The highest BCUT2D eigenvalue weighted by Gasteiger charge is 2.21. The van der Waals surface area contributed by atoms with Crippen molar-refractivity contribution in [3.63, 3.8) is 0 Å². The molecular formula is C18H22N2O2. The van der Waals surface area contributed by atoms with Gasteiger partial charge in [-0.15, -0.1) is 0 Å². The molecule has 0 amide bonds. The number of nitrogens with one attached hydrogen (secondary N) is 1. The van der Waals surface area contributed by atoms with Gasteiger partial charge in [-0.3, -0.25) is 4.79 Å². The molecule has 2 N–H and O–H groups in total. The Bertz CT molecular complexity index is 678. The van der Waals surface area contributed by atoms with E-state index in [1.54, 1.807) is 12.1 Å². The van der Waals surface area contributed by atoms with E-state index in [0.717, 1.165) is 43.5 Å². The molecule has 2 aromatic carbocycles. The minimum Gasteiger partial charge on any atom is -0.507 e. The third kappa shape index (κ3) is 2.98. The van der Waals surface area contributed by atoms with E-state index in [2.05, 4.69) is 10.2 Å². The maximum atomic E-state index is 12.8. The second-order valence-corrected chi connectivity index (χ2v) is 5.99. The fourth-order valence-corrected chi connectivity index (χ4v) is 3.13. The number of rotatable bonds is 4. The van der Waals surface area contributed by atoms with Crippen LogP contribution in [0.4, 0.5) is 0 Å². The number of fused-ring (bicyclic) bond motifs is 1. The fourth-order valence-electron chi connectivity index (χ4n) is 3.13. The van der Waals surface area contributed by atoms with Gasteiger partial charge in [0, 0.05) is 49.6 Å². The second-order valence-electron chi connectivity index (χ2n) is 5.99. The van der Waals surface area contributed by atoms with Gasteiger partial charge in [0.15, 0.2) is 5.78 Å². The number of ketones is 1. The van der Waals surface area contributed by atoms with E-state index in [9.17, 15) is 9.90 Å². The Morgan fingerprint density at radius 2 is 1.86 bits per heavy atom. The maximum Gasteiger partial charge on any atom is 0.167 e. The summed E-state index contributed by atoms with van der Waals surface area (Å²) in [7, 11) is 0. The summed E-state index contributed by atoms with van der Waals surface area (Å²) >= 11 is 0. The summed E-state index contributed by atoms with van der Waals surface area (Å²) in [5, 5.41) is 14.8. The van der Waals surface area contributed by atoms with Crippen LogP contribution in [0.2, 0.25) is 0 Å². The van der Waals surface area contributed by atoms with E-state index in [4.69, 9.17) is 0 Å². The summed E-state index contributed by atoms with van der Waals surface area (Å²) in [6.07, 6.45) is 0. The number of nitrogens with zero attached hydrogens (tertiary/aromatic N) is 1. The van der Waals surface area contributed by atoms with Crippen molar-refractivity contribution in [2.75, 3.05) is 32.7 Å². The zero-order valence-electron chi connectivity index (χ0n) is 12.9. The van der Waals surface area contributed by atoms with Crippen LogP contribution in [-0.2, 0) is 0 Å². The molecule has 0 saturated carbocycles. The molecule has 0 radical (unpaired) electrons. The molecule has 0 spiro atoms. The predicted molar refractivity (Wildman–Crippen MR) is 88.4 cm³/mol.